The molecule has 0 bridgehead atoms. The van der Waals surface area contributed by atoms with Crippen molar-refractivity contribution in [1.82, 2.24) is 10.9 Å². The van der Waals surface area contributed by atoms with Gasteiger partial charge < -0.3 is 5.11 Å². The Balaban J connectivity index is 1.99. The summed E-state index contributed by atoms with van der Waals surface area (Å²) in [6.45, 7) is 0. The van der Waals surface area contributed by atoms with Gasteiger partial charge in [0, 0.05) is 11.1 Å². The van der Waals surface area contributed by atoms with Gasteiger partial charge in [0.2, 0.25) is 0 Å². The van der Waals surface area contributed by atoms with Gasteiger partial charge in [-0.1, -0.05) is 12.1 Å². The number of hydrazone groups is 1. The van der Waals surface area contributed by atoms with E-state index in [0.29, 0.717) is 11.1 Å². The summed E-state index contributed by atoms with van der Waals surface area (Å²) in [6.07, 6.45) is 1.39. The van der Waals surface area contributed by atoms with E-state index in [1.165, 1.54) is 48.1 Å². The van der Waals surface area contributed by atoms with Crippen LogP contribution in [0.25, 0.3) is 0 Å². The minimum absolute atomic E-state index is 0.105. The molecule has 0 radical (unpaired) electrons. The van der Waals surface area contributed by atoms with Crippen molar-refractivity contribution in [2.75, 3.05) is 0 Å². The molecule has 4 N–H and O–H groups in total. The number of aromatic hydroxyl groups is 1. The molecule has 7 heteroatoms. The second-order valence-electron chi connectivity index (χ2n) is 4.31. The Morgan fingerprint density at radius 2 is 1.64 bits per heavy atom. The summed E-state index contributed by atoms with van der Waals surface area (Å²) in [6, 6.07) is 12.1. The molecule has 7 nitrogen and oxygen atoms in total. The SMILES string of the molecule is O=C(NO)c1ccc(C(=O)N/N=C/c2cccc(O)c2)cc1. The number of hydroxylamine groups is 1. The first-order valence-corrected chi connectivity index (χ1v) is 6.27. The summed E-state index contributed by atoms with van der Waals surface area (Å²) in [5.74, 6) is -1.01. The number of rotatable bonds is 4. The molecule has 2 rings (SSSR count). The van der Waals surface area contributed by atoms with Gasteiger partial charge in [-0.25, -0.2) is 10.9 Å². The van der Waals surface area contributed by atoms with Crippen LogP contribution in [0.3, 0.4) is 0 Å². The van der Waals surface area contributed by atoms with E-state index in [2.05, 4.69) is 10.5 Å². The zero-order valence-corrected chi connectivity index (χ0v) is 11.4. The van der Waals surface area contributed by atoms with Crippen molar-refractivity contribution >= 4 is 18.0 Å². The molecule has 112 valence electrons. The number of phenols is 1. The molecule has 2 aromatic rings. The van der Waals surface area contributed by atoms with Gasteiger partial charge in [0.15, 0.2) is 0 Å². The first kappa shape index (κ1) is 15.2. The molecule has 0 aliphatic rings. The minimum Gasteiger partial charge on any atom is -0.508 e. The van der Waals surface area contributed by atoms with Gasteiger partial charge in [0.25, 0.3) is 11.8 Å². The van der Waals surface area contributed by atoms with E-state index in [1.807, 2.05) is 0 Å². The standard InChI is InChI=1S/C15H13N3O4/c19-13-3-1-2-10(8-13)9-16-17-14(20)11-4-6-12(7-5-11)15(21)18-22/h1-9,19,22H,(H,17,20)(H,18,21)/b16-9+. The first-order chi connectivity index (χ1) is 10.6. The molecule has 22 heavy (non-hydrogen) atoms. The summed E-state index contributed by atoms with van der Waals surface area (Å²) < 4.78 is 0. The van der Waals surface area contributed by atoms with Crippen LogP contribution < -0.4 is 10.9 Å². The van der Waals surface area contributed by atoms with Crippen molar-refractivity contribution in [3.8, 4) is 5.75 Å². The topological polar surface area (TPSA) is 111 Å². The lowest BCUT2D eigenvalue weighted by Gasteiger charge is -2.02. The van der Waals surface area contributed by atoms with Crippen molar-refractivity contribution in [3.05, 3.63) is 65.2 Å². The molecule has 2 aromatic carbocycles. The quantitative estimate of drug-likeness (QED) is 0.387. The molecule has 0 spiro atoms. The third-order valence-electron chi connectivity index (χ3n) is 2.76. The Kier molecular flexibility index (Phi) is 4.84. The molecule has 0 aliphatic heterocycles. The molecule has 2 amide bonds. The Hall–Kier alpha value is -3.19. The van der Waals surface area contributed by atoms with Gasteiger partial charge in [0.05, 0.1) is 6.21 Å². The van der Waals surface area contributed by atoms with E-state index in [0.717, 1.165) is 0 Å². The molecule has 0 fully saturated rings. The fraction of sp³-hybridized carbons (Fsp3) is 0. The number of nitrogens with zero attached hydrogens (tertiary/aromatic N) is 1. The minimum atomic E-state index is -0.658. The van der Waals surface area contributed by atoms with E-state index < -0.39 is 11.8 Å². The molecule has 0 atom stereocenters. The summed E-state index contributed by atoms with van der Waals surface area (Å²) in [5.41, 5.74) is 5.00. The van der Waals surface area contributed by atoms with Gasteiger partial charge in [0.1, 0.15) is 5.75 Å². The number of hydrogen-bond acceptors (Lipinski definition) is 5. The fourth-order valence-electron chi connectivity index (χ4n) is 1.67. The molecular formula is C15H13N3O4. The average Bonchev–Trinajstić information content (AvgIpc) is 2.54. The van der Waals surface area contributed by atoms with Crippen LogP contribution in [0.2, 0.25) is 0 Å². The second-order valence-corrected chi connectivity index (χ2v) is 4.31. The van der Waals surface area contributed by atoms with E-state index in [4.69, 9.17) is 5.21 Å². The average molecular weight is 299 g/mol. The Morgan fingerprint density at radius 1 is 1.00 bits per heavy atom. The maximum Gasteiger partial charge on any atom is 0.274 e. The lowest BCUT2D eigenvalue weighted by molar-refractivity contribution is 0.0706. The Bertz CT molecular complexity index is 711. The monoisotopic (exact) mass is 299 g/mol. The maximum atomic E-state index is 11.8. The Labute approximate surface area is 125 Å². The van der Waals surface area contributed by atoms with Crippen LogP contribution in [-0.2, 0) is 0 Å². The van der Waals surface area contributed by atoms with E-state index >= 15 is 0 Å². The van der Waals surface area contributed by atoms with Crippen molar-refractivity contribution in [2.24, 2.45) is 5.10 Å². The number of amides is 2. The van der Waals surface area contributed by atoms with Gasteiger partial charge >= 0.3 is 0 Å². The largest absolute Gasteiger partial charge is 0.508 e. The van der Waals surface area contributed by atoms with Crippen molar-refractivity contribution in [3.63, 3.8) is 0 Å². The Morgan fingerprint density at radius 3 is 2.23 bits per heavy atom. The summed E-state index contributed by atoms with van der Waals surface area (Å²) in [7, 11) is 0. The number of carbonyl (C=O) groups excluding carboxylic acids is 2. The normalized spacial score (nSPS) is 10.4. The maximum absolute atomic E-state index is 11.8. The number of hydrogen-bond donors (Lipinski definition) is 4. The van der Waals surface area contributed by atoms with Crippen LogP contribution in [0.4, 0.5) is 0 Å². The molecule has 0 aromatic heterocycles. The molecule has 0 saturated carbocycles. The summed E-state index contributed by atoms with van der Waals surface area (Å²) in [5, 5.41) is 21.6. The fourth-order valence-corrected chi connectivity index (χ4v) is 1.67. The first-order valence-electron chi connectivity index (χ1n) is 6.27. The third kappa shape index (κ3) is 3.90. The smallest absolute Gasteiger partial charge is 0.274 e. The number of benzene rings is 2. The highest BCUT2D eigenvalue weighted by Crippen LogP contribution is 2.08. The van der Waals surface area contributed by atoms with Crippen molar-refractivity contribution in [2.45, 2.75) is 0 Å². The zero-order valence-electron chi connectivity index (χ0n) is 11.4. The van der Waals surface area contributed by atoms with Crippen molar-refractivity contribution < 1.29 is 19.9 Å². The van der Waals surface area contributed by atoms with Crippen LogP contribution in [0.5, 0.6) is 5.75 Å². The van der Waals surface area contributed by atoms with Crippen molar-refractivity contribution in [1.29, 1.82) is 0 Å². The zero-order chi connectivity index (χ0) is 15.9. The number of phenolic OH excluding ortho intramolecular Hbond substituents is 1. The molecular weight excluding hydrogens is 286 g/mol. The number of nitrogens with one attached hydrogen (secondary N) is 2. The summed E-state index contributed by atoms with van der Waals surface area (Å²) in [4.78, 5) is 23.0. The second kappa shape index (κ2) is 7.00. The molecule has 0 aliphatic carbocycles. The molecule has 0 heterocycles. The lowest BCUT2D eigenvalue weighted by Crippen LogP contribution is -2.20. The molecule has 0 saturated heterocycles. The van der Waals surface area contributed by atoms with Crippen LogP contribution in [-0.4, -0.2) is 28.3 Å². The van der Waals surface area contributed by atoms with E-state index in [9.17, 15) is 14.7 Å². The van der Waals surface area contributed by atoms with Gasteiger partial charge in [-0.2, -0.15) is 5.10 Å². The highest BCUT2D eigenvalue weighted by molar-refractivity contribution is 5.97. The number of carbonyl (C=O) groups is 2. The predicted octanol–water partition coefficient (Wildman–Crippen LogP) is 1.28. The summed E-state index contributed by atoms with van der Waals surface area (Å²) >= 11 is 0. The highest BCUT2D eigenvalue weighted by Gasteiger charge is 2.07. The van der Waals surface area contributed by atoms with E-state index in [1.54, 1.807) is 12.1 Å². The van der Waals surface area contributed by atoms with Crippen LogP contribution >= 0.6 is 0 Å². The third-order valence-corrected chi connectivity index (χ3v) is 2.76. The van der Waals surface area contributed by atoms with Gasteiger partial charge in [-0.15, -0.1) is 0 Å². The van der Waals surface area contributed by atoms with E-state index in [-0.39, 0.29) is 11.3 Å². The van der Waals surface area contributed by atoms with Crippen LogP contribution in [0.15, 0.2) is 53.6 Å². The van der Waals surface area contributed by atoms with Crippen LogP contribution in [0.1, 0.15) is 26.3 Å². The van der Waals surface area contributed by atoms with Gasteiger partial charge in [-0.05, 0) is 42.0 Å². The highest BCUT2D eigenvalue weighted by atomic mass is 16.5. The predicted molar refractivity (Wildman–Crippen MR) is 78.9 cm³/mol. The molecule has 0 unspecified atom stereocenters. The van der Waals surface area contributed by atoms with Crippen LogP contribution in [0, 0.1) is 0 Å². The lowest BCUT2D eigenvalue weighted by atomic mass is 10.1. The van der Waals surface area contributed by atoms with Gasteiger partial charge in [-0.3, -0.25) is 14.8 Å².